The standard InChI is InChI=1S/C13H15BrClF2NO/c1-7(2)3-9(6-15)18-13(19)12-10(16)4-8(14)5-11(12)17/h4-5,7,9H,3,6H2,1-2H3,(H,18,19). The summed E-state index contributed by atoms with van der Waals surface area (Å²) < 4.78 is 27.5. The van der Waals surface area contributed by atoms with Gasteiger partial charge in [-0.15, -0.1) is 11.6 Å². The first-order valence-electron chi connectivity index (χ1n) is 5.86. The second kappa shape index (κ2) is 7.20. The fraction of sp³-hybridized carbons (Fsp3) is 0.462. The Balaban J connectivity index is 2.89. The van der Waals surface area contributed by atoms with Gasteiger partial charge in [-0.3, -0.25) is 4.79 Å². The van der Waals surface area contributed by atoms with Gasteiger partial charge in [0.15, 0.2) is 0 Å². The Morgan fingerprint density at radius 3 is 2.32 bits per heavy atom. The summed E-state index contributed by atoms with van der Waals surface area (Å²) in [6, 6.07) is 1.79. The molecule has 0 heterocycles. The lowest BCUT2D eigenvalue weighted by Crippen LogP contribution is -2.38. The second-order valence-corrected chi connectivity index (χ2v) is 5.92. The molecule has 1 atom stereocenters. The zero-order chi connectivity index (χ0) is 14.6. The molecule has 0 saturated carbocycles. The van der Waals surface area contributed by atoms with Gasteiger partial charge in [0.05, 0.1) is 0 Å². The molecule has 0 aliphatic heterocycles. The zero-order valence-corrected chi connectivity index (χ0v) is 13.0. The number of benzene rings is 1. The van der Waals surface area contributed by atoms with Gasteiger partial charge >= 0.3 is 0 Å². The molecule has 0 spiro atoms. The first-order chi connectivity index (χ1) is 8.85. The summed E-state index contributed by atoms with van der Waals surface area (Å²) in [6.45, 7) is 3.96. The molecule has 1 amide bonds. The molecule has 1 aromatic carbocycles. The Kier molecular flexibility index (Phi) is 6.20. The highest BCUT2D eigenvalue weighted by molar-refractivity contribution is 9.10. The van der Waals surface area contributed by atoms with Gasteiger partial charge in [-0.2, -0.15) is 0 Å². The van der Waals surface area contributed by atoms with Gasteiger partial charge < -0.3 is 5.32 Å². The Morgan fingerprint density at radius 1 is 1.37 bits per heavy atom. The first kappa shape index (κ1) is 16.4. The molecule has 2 nitrogen and oxygen atoms in total. The van der Waals surface area contributed by atoms with Crippen LogP contribution in [0.2, 0.25) is 0 Å². The molecule has 0 aliphatic carbocycles. The Morgan fingerprint density at radius 2 is 1.89 bits per heavy atom. The van der Waals surface area contributed by atoms with Crippen LogP contribution in [0, 0.1) is 17.6 Å². The quantitative estimate of drug-likeness (QED) is 0.792. The maximum Gasteiger partial charge on any atom is 0.257 e. The zero-order valence-electron chi connectivity index (χ0n) is 10.6. The summed E-state index contributed by atoms with van der Waals surface area (Å²) >= 11 is 8.70. The number of alkyl halides is 1. The van der Waals surface area contributed by atoms with Crippen molar-refractivity contribution in [1.29, 1.82) is 0 Å². The van der Waals surface area contributed by atoms with Crippen molar-refractivity contribution >= 4 is 33.4 Å². The molecule has 0 radical (unpaired) electrons. The summed E-state index contributed by atoms with van der Waals surface area (Å²) in [4.78, 5) is 11.9. The third kappa shape index (κ3) is 4.73. The van der Waals surface area contributed by atoms with E-state index in [1.807, 2.05) is 13.8 Å². The normalized spacial score (nSPS) is 12.6. The monoisotopic (exact) mass is 353 g/mol. The first-order valence-corrected chi connectivity index (χ1v) is 7.19. The van der Waals surface area contributed by atoms with Crippen molar-refractivity contribution in [2.24, 2.45) is 5.92 Å². The predicted octanol–water partition coefficient (Wildman–Crippen LogP) is 4.11. The highest BCUT2D eigenvalue weighted by Crippen LogP contribution is 2.20. The van der Waals surface area contributed by atoms with Crippen LogP contribution in [-0.2, 0) is 0 Å². The lowest BCUT2D eigenvalue weighted by Gasteiger charge is -2.18. The number of hydrogen-bond acceptors (Lipinski definition) is 1. The van der Waals surface area contributed by atoms with Crippen molar-refractivity contribution in [1.82, 2.24) is 5.32 Å². The highest BCUT2D eigenvalue weighted by atomic mass is 79.9. The van der Waals surface area contributed by atoms with Gasteiger partial charge in [0.2, 0.25) is 0 Å². The van der Waals surface area contributed by atoms with Crippen molar-refractivity contribution in [3.05, 3.63) is 33.8 Å². The Hall–Kier alpha value is -0.680. The fourth-order valence-corrected chi connectivity index (χ4v) is 2.35. The van der Waals surface area contributed by atoms with Crippen LogP contribution in [0.5, 0.6) is 0 Å². The topological polar surface area (TPSA) is 29.1 Å². The smallest absolute Gasteiger partial charge is 0.257 e. The summed E-state index contributed by atoms with van der Waals surface area (Å²) in [7, 11) is 0. The molecular formula is C13H15BrClF2NO. The van der Waals surface area contributed by atoms with E-state index in [1.54, 1.807) is 0 Å². The minimum Gasteiger partial charge on any atom is -0.348 e. The largest absolute Gasteiger partial charge is 0.348 e. The van der Waals surface area contributed by atoms with Gasteiger partial charge in [0.25, 0.3) is 5.91 Å². The van der Waals surface area contributed by atoms with Crippen LogP contribution in [-0.4, -0.2) is 17.8 Å². The SMILES string of the molecule is CC(C)CC(CCl)NC(=O)c1c(F)cc(Br)cc1F. The van der Waals surface area contributed by atoms with E-state index >= 15 is 0 Å². The Labute approximate surface area is 124 Å². The minimum atomic E-state index is -0.901. The van der Waals surface area contributed by atoms with E-state index < -0.39 is 23.1 Å². The third-order valence-electron chi connectivity index (χ3n) is 2.51. The van der Waals surface area contributed by atoms with Crippen LogP contribution in [0.25, 0.3) is 0 Å². The van der Waals surface area contributed by atoms with E-state index in [0.717, 1.165) is 12.1 Å². The lowest BCUT2D eigenvalue weighted by atomic mass is 10.0. The molecule has 6 heteroatoms. The van der Waals surface area contributed by atoms with Crippen molar-refractivity contribution in [2.75, 3.05) is 5.88 Å². The van der Waals surface area contributed by atoms with Gasteiger partial charge in [0, 0.05) is 16.4 Å². The van der Waals surface area contributed by atoms with Gasteiger partial charge in [-0.05, 0) is 24.5 Å². The molecule has 0 aliphatic rings. The van der Waals surface area contributed by atoms with E-state index in [0.29, 0.717) is 12.3 Å². The van der Waals surface area contributed by atoms with Crippen LogP contribution in [0.4, 0.5) is 8.78 Å². The summed E-state index contributed by atoms with van der Waals surface area (Å²) in [6.07, 6.45) is 0.648. The number of hydrogen-bond donors (Lipinski definition) is 1. The van der Waals surface area contributed by atoms with Gasteiger partial charge in [0.1, 0.15) is 17.2 Å². The molecule has 1 aromatic rings. The molecule has 0 saturated heterocycles. The third-order valence-corrected chi connectivity index (χ3v) is 3.34. The van der Waals surface area contributed by atoms with E-state index in [1.165, 1.54) is 0 Å². The number of rotatable bonds is 5. The molecule has 0 bridgehead atoms. The number of carbonyl (C=O) groups is 1. The number of nitrogens with one attached hydrogen (secondary N) is 1. The lowest BCUT2D eigenvalue weighted by molar-refractivity contribution is 0.0928. The van der Waals surface area contributed by atoms with E-state index in [-0.39, 0.29) is 16.4 Å². The maximum absolute atomic E-state index is 13.6. The van der Waals surface area contributed by atoms with Crippen LogP contribution >= 0.6 is 27.5 Å². The molecule has 1 rings (SSSR count). The van der Waals surface area contributed by atoms with Crippen molar-refractivity contribution < 1.29 is 13.6 Å². The maximum atomic E-state index is 13.6. The number of halogens is 4. The minimum absolute atomic E-state index is 0.198. The van der Waals surface area contributed by atoms with E-state index in [4.69, 9.17) is 11.6 Å². The summed E-state index contributed by atoms with van der Waals surface area (Å²) in [5.74, 6) is -2.06. The molecule has 0 fully saturated rings. The van der Waals surface area contributed by atoms with Gasteiger partial charge in [-0.1, -0.05) is 29.8 Å². The van der Waals surface area contributed by atoms with Gasteiger partial charge in [-0.25, -0.2) is 8.78 Å². The van der Waals surface area contributed by atoms with Crippen molar-refractivity contribution in [3.63, 3.8) is 0 Å². The molecule has 19 heavy (non-hydrogen) atoms. The van der Waals surface area contributed by atoms with Crippen LogP contribution in [0.15, 0.2) is 16.6 Å². The molecular weight excluding hydrogens is 340 g/mol. The summed E-state index contributed by atoms with van der Waals surface area (Å²) in [5, 5.41) is 2.55. The molecule has 106 valence electrons. The summed E-state index contributed by atoms with van der Waals surface area (Å²) in [5.41, 5.74) is -0.581. The highest BCUT2D eigenvalue weighted by Gasteiger charge is 2.21. The number of amides is 1. The van der Waals surface area contributed by atoms with E-state index in [9.17, 15) is 13.6 Å². The number of carbonyl (C=O) groups excluding carboxylic acids is 1. The van der Waals surface area contributed by atoms with Crippen molar-refractivity contribution in [2.45, 2.75) is 26.3 Å². The van der Waals surface area contributed by atoms with Crippen molar-refractivity contribution in [3.8, 4) is 0 Å². The molecule has 1 N–H and O–H groups in total. The average Bonchev–Trinajstić information content (AvgIpc) is 2.25. The van der Waals surface area contributed by atoms with Crippen LogP contribution < -0.4 is 5.32 Å². The Bertz CT molecular complexity index is 445. The molecule has 1 unspecified atom stereocenters. The van der Waals surface area contributed by atoms with Crippen LogP contribution in [0.3, 0.4) is 0 Å². The van der Waals surface area contributed by atoms with E-state index in [2.05, 4.69) is 21.2 Å². The average molecular weight is 355 g/mol. The second-order valence-electron chi connectivity index (χ2n) is 4.70. The molecule has 0 aromatic heterocycles. The van der Waals surface area contributed by atoms with Crippen LogP contribution in [0.1, 0.15) is 30.6 Å². The predicted molar refractivity (Wildman–Crippen MR) is 75.5 cm³/mol. The fourth-order valence-electron chi connectivity index (χ4n) is 1.75.